The second-order valence-corrected chi connectivity index (χ2v) is 5.87. The molecule has 2 aromatic carbocycles. The number of hydrogen-bond acceptors (Lipinski definition) is 3. The Balaban J connectivity index is 2.55. The molecule has 0 spiro atoms. The van der Waals surface area contributed by atoms with Gasteiger partial charge in [-0.1, -0.05) is 77.0 Å². The lowest BCUT2D eigenvalue weighted by Crippen LogP contribution is -2.09. The van der Waals surface area contributed by atoms with Crippen molar-refractivity contribution >= 4 is 33.7 Å². The minimum absolute atomic E-state index is 0.0274. The molecule has 0 radical (unpaired) electrons. The third-order valence-corrected chi connectivity index (χ3v) is 4.18. The van der Waals surface area contributed by atoms with Gasteiger partial charge in [0.15, 0.2) is 11.3 Å². The summed E-state index contributed by atoms with van der Waals surface area (Å²) in [6, 6.07) is 15.2. The fraction of sp³-hybridized carbons (Fsp3) is 0.0952. The summed E-state index contributed by atoms with van der Waals surface area (Å²) in [7, 11) is 1.28. The molecule has 0 aliphatic carbocycles. The Bertz CT molecular complexity index is 845. The van der Waals surface area contributed by atoms with Crippen molar-refractivity contribution in [2.24, 2.45) is 0 Å². The SMILES string of the molecule is C#C/C(C(=O)OC)=C(/OCc1ccccc1)c1cccc(Br)c1C=C. The van der Waals surface area contributed by atoms with Crippen molar-refractivity contribution in [1.29, 1.82) is 0 Å². The number of esters is 1. The van der Waals surface area contributed by atoms with Gasteiger partial charge in [-0.15, -0.1) is 6.42 Å². The molecule has 126 valence electrons. The molecule has 2 aromatic rings. The molecule has 0 saturated carbocycles. The normalized spacial score (nSPS) is 11.1. The van der Waals surface area contributed by atoms with Crippen LogP contribution in [0.2, 0.25) is 0 Å². The zero-order chi connectivity index (χ0) is 18.2. The standard InChI is InChI=1S/C21H17BrO3/c1-4-16-18(12-9-13-19(16)22)20(17(5-2)21(23)24-3)25-14-15-10-7-6-8-11-15/h2,4,6-13H,1,14H2,3H3/b20-17-. The Morgan fingerprint density at radius 2 is 1.96 bits per heavy atom. The van der Waals surface area contributed by atoms with Crippen molar-refractivity contribution < 1.29 is 14.3 Å². The zero-order valence-electron chi connectivity index (χ0n) is 13.8. The monoisotopic (exact) mass is 396 g/mol. The van der Waals surface area contributed by atoms with E-state index in [0.717, 1.165) is 15.6 Å². The summed E-state index contributed by atoms with van der Waals surface area (Å²) in [6.07, 6.45) is 7.24. The molecule has 0 atom stereocenters. The van der Waals surface area contributed by atoms with Gasteiger partial charge in [0, 0.05) is 10.0 Å². The number of hydrogen-bond donors (Lipinski definition) is 0. The molecule has 0 aliphatic rings. The Morgan fingerprint density at radius 3 is 2.56 bits per heavy atom. The first-order valence-electron chi connectivity index (χ1n) is 7.49. The average Bonchev–Trinajstić information content (AvgIpc) is 2.65. The van der Waals surface area contributed by atoms with Gasteiger partial charge in [0.1, 0.15) is 6.61 Å². The molecule has 0 heterocycles. The maximum Gasteiger partial charge on any atom is 0.350 e. The molecule has 25 heavy (non-hydrogen) atoms. The van der Waals surface area contributed by atoms with Gasteiger partial charge in [-0.3, -0.25) is 0 Å². The van der Waals surface area contributed by atoms with Gasteiger partial charge in [-0.25, -0.2) is 4.79 Å². The third kappa shape index (κ3) is 4.40. The Kier molecular flexibility index (Phi) is 6.62. The van der Waals surface area contributed by atoms with E-state index < -0.39 is 5.97 Å². The molecule has 3 nitrogen and oxygen atoms in total. The summed E-state index contributed by atoms with van der Waals surface area (Å²) in [5.41, 5.74) is 2.43. The zero-order valence-corrected chi connectivity index (χ0v) is 15.4. The maximum absolute atomic E-state index is 12.1. The third-order valence-electron chi connectivity index (χ3n) is 3.49. The first-order valence-corrected chi connectivity index (χ1v) is 8.29. The van der Waals surface area contributed by atoms with E-state index >= 15 is 0 Å². The minimum Gasteiger partial charge on any atom is -0.487 e. The van der Waals surface area contributed by atoms with E-state index in [4.69, 9.17) is 15.9 Å². The van der Waals surface area contributed by atoms with E-state index in [1.807, 2.05) is 48.5 Å². The number of benzene rings is 2. The van der Waals surface area contributed by atoms with Crippen LogP contribution in [-0.4, -0.2) is 13.1 Å². The number of rotatable bonds is 6. The van der Waals surface area contributed by atoms with Crippen LogP contribution in [0.1, 0.15) is 16.7 Å². The van der Waals surface area contributed by atoms with Crippen molar-refractivity contribution in [2.45, 2.75) is 6.61 Å². The second kappa shape index (κ2) is 8.91. The van der Waals surface area contributed by atoms with Crippen LogP contribution >= 0.6 is 15.9 Å². The maximum atomic E-state index is 12.1. The predicted octanol–water partition coefficient (Wildman–Crippen LogP) is 4.83. The van der Waals surface area contributed by atoms with Crippen LogP contribution in [0.3, 0.4) is 0 Å². The van der Waals surface area contributed by atoms with Gasteiger partial charge in [-0.2, -0.15) is 0 Å². The number of methoxy groups -OCH3 is 1. The summed E-state index contributed by atoms with van der Waals surface area (Å²) in [4.78, 5) is 12.1. The smallest absolute Gasteiger partial charge is 0.350 e. The molecule has 0 N–H and O–H groups in total. The second-order valence-electron chi connectivity index (χ2n) is 5.02. The fourth-order valence-corrected chi connectivity index (χ4v) is 2.80. The number of ether oxygens (including phenoxy) is 2. The number of halogens is 1. The van der Waals surface area contributed by atoms with Crippen molar-refractivity contribution in [3.8, 4) is 12.3 Å². The minimum atomic E-state index is -0.624. The molecule has 2 rings (SSSR count). The predicted molar refractivity (Wildman–Crippen MR) is 103 cm³/mol. The largest absolute Gasteiger partial charge is 0.487 e. The molecule has 0 fully saturated rings. The highest BCUT2D eigenvalue weighted by molar-refractivity contribution is 9.10. The highest BCUT2D eigenvalue weighted by atomic mass is 79.9. The first-order chi connectivity index (χ1) is 12.1. The van der Waals surface area contributed by atoms with Gasteiger partial charge < -0.3 is 9.47 Å². The van der Waals surface area contributed by atoms with Crippen LogP contribution < -0.4 is 0 Å². The van der Waals surface area contributed by atoms with Gasteiger partial charge in [0.05, 0.1) is 7.11 Å². The van der Waals surface area contributed by atoms with E-state index in [-0.39, 0.29) is 17.9 Å². The van der Waals surface area contributed by atoms with E-state index in [0.29, 0.717) is 5.56 Å². The summed E-state index contributed by atoms with van der Waals surface area (Å²) >= 11 is 3.48. The summed E-state index contributed by atoms with van der Waals surface area (Å²) in [5.74, 6) is 2.05. The summed E-state index contributed by atoms with van der Waals surface area (Å²) in [5, 5.41) is 0. The van der Waals surface area contributed by atoms with E-state index in [1.165, 1.54) is 7.11 Å². The molecular formula is C21H17BrO3. The van der Waals surface area contributed by atoms with Gasteiger partial charge in [-0.05, 0) is 17.2 Å². The lowest BCUT2D eigenvalue weighted by Gasteiger charge is -2.16. The van der Waals surface area contributed by atoms with Crippen molar-refractivity contribution in [1.82, 2.24) is 0 Å². The van der Waals surface area contributed by atoms with Crippen LogP contribution in [0.5, 0.6) is 0 Å². The number of carbonyl (C=O) groups is 1. The molecular weight excluding hydrogens is 380 g/mol. The van der Waals surface area contributed by atoms with Crippen LogP contribution in [-0.2, 0) is 20.9 Å². The number of carbonyl (C=O) groups excluding carboxylic acids is 1. The quantitative estimate of drug-likeness (QED) is 0.303. The summed E-state index contributed by atoms with van der Waals surface area (Å²) < 4.78 is 11.6. The highest BCUT2D eigenvalue weighted by Gasteiger charge is 2.20. The van der Waals surface area contributed by atoms with Crippen LogP contribution in [0.15, 0.2) is 65.2 Å². The van der Waals surface area contributed by atoms with Crippen molar-refractivity contribution in [2.75, 3.05) is 7.11 Å². The Hall–Kier alpha value is -2.77. The number of terminal acetylenes is 1. The Labute approximate surface area is 156 Å². The van der Waals surface area contributed by atoms with Crippen LogP contribution in [0.4, 0.5) is 0 Å². The molecule has 0 aromatic heterocycles. The van der Waals surface area contributed by atoms with Crippen LogP contribution in [0, 0.1) is 12.3 Å². The lowest BCUT2D eigenvalue weighted by atomic mass is 10.0. The first kappa shape index (κ1) is 18.6. The molecule has 0 aliphatic heterocycles. The van der Waals surface area contributed by atoms with E-state index in [9.17, 15) is 4.79 Å². The van der Waals surface area contributed by atoms with Gasteiger partial charge >= 0.3 is 5.97 Å². The molecule has 0 unspecified atom stereocenters. The van der Waals surface area contributed by atoms with Gasteiger partial charge in [0.25, 0.3) is 0 Å². The molecule has 4 heteroatoms. The summed E-state index contributed by atoms with van der Waals surface area (Å²) in [6.45, 7) is 4.09. The highest BCUT2D eigenvalue weighted by Crippen LogP contribution is 2.31. The van der Waals surface area contributed by atoms with Crippen LogP contribution in [0.25, 0.3) is 11.8 Å². The van der Waals surface area contributed by atoms with E-state index in [2.05, 4.69) is 28.4 Å². The molecule has 0 saturated heterocycles. The molecule has 0 amide bonds. The topological polar surface area (TPSA) is 35.5 Å². The van der Waals surface area contributed by atoms with Crippen molar-refractivity contribution in [3.63, 3.8) is 0 Å². The average molecular weight is 397 g/mol. The Morgan fingerprint density at radius 1 is 1.24 bits per heavy atom. The fourth-order valence-electron chi connectivity index (χ4n) is 2.28. The van der Waals surface area contributed by atoms with E-state index in [1.54, 1.807) is 6.08 Å². The molecule has 0 bridgehead atoms. The van der Waals surface area contributed by atoms with Crippen molar-refractivity contribution in [3.05, 3.63) is 81.8 Å². The lowest BCUT2D eigenvalue weighted by molar-refractivity contribution is -0.135. The van der Waals surface area contributed by atoms with Gasteiger partial charge in [0.2, 0.25) is 0 Å².